The molecule has 8 heteroatoms. The molecule has 9 aromatic carbocycles. The van der Waals surface area contributed by atoms with Crippen molar-refractivity contribution in [2.24, 2.45) is 0 Å². The number of rotatable bonds is 7. The van der Waals surface area contributed by atoms with E-state index in [0.29, 0.717) is 39.2 Å². The summed E-state index contributed by atoms with van der Waals surface area (Å²) in [4.78, 5) is 5.49. The third kappa shape index (κ3) is 7.08. The molecule has 0 atom stereocenters. The minimum atomic E-state index is 0.405. The predicted octanol–water partition coefficient (Wildman–Crippen LogP) is 15.0. The first-order valence-corrected chi connectivity index (χ1v) is 23.1. The molecule has 330 valence electrons. The fourth-order valence-corrected chi connectivity index (χ4v) is 10.2. The van der Waals surface area contributed by atoms with Crippen LogP contribution in [0.3, 0.4) is 0 Å². The van der Waals surface area contributed by atoms with Crippen LogP contribution in [0.25, 0.3) is 111 Å². The summed E-state index contributed by atoms with van der Waals surface area (Å²) in [5.41, 5.74) is 15.7. The number of aromatic nitrogens is 3. The Bertz CT molecular complexity index is 4400. The van der Waals surface area contributed by atoms with Crippen molar-refractivity contribution in [3.63, 3.8) is 0 Å². The number of benzene rings is 9. The van der Waals surface area contributed by atoms with E-state index < -0.39 is 0 Å². The van der Waals surface area contributed by atoms with E-state index in [4.69, 9.17) is 4.98 Å². The second kappa shape index (κ2) is 17.4. The third-order valence-electron chi connectivity index (χ3n) is 13.4. The van der Waals surface area contributed by atoms with Gasteiger partial charge in [0.2, 0.25) is 0 Å². The Labute approximate surface area is 413 Å². The summed E-state index contributed by atoms with van der Waals surface area (Å²) in [6, 6.07) is 79.1. The van der Waals surface area contributed by atoms with Gasteiger partial charge in [0.25, 0.3) is 0 Å². The van der Waals surface area contributed by atoms with E-state index in [0.717, 1.165) is 99.5 Å². The number of fused-ring (bicyclic) bond motifs is 6. The number of hydrogen-bond donors (Lipinski definition) is 0. The summed E-state index contributed by atoms with van der Waals surface area (Å²) in [7, 11) is 0. The summed E-state index contributed by atoms with van der Waals surface area (Å²) in [6.07, 6.45) is 0. The molecule has 0 radical (unpaired) electrons. The molecular weight excluding hydrogens is 881 g/mol. The van der Waals surface area contributed by atoms with Gasteiger partial charge in [0.1, 0.15) is 6.07 Å². The van der Waals surface area contributed by atoms with E-state index in [-0.39, 0.29) is 0 Å². The number of hydrogen-bond acceptors (Lipinski definition) is 6. The van der Waals surface area contributed by atoms with Gasteiger partial charge in [-0.3, -0.25) is 0 Å². The lowest BCUT2D eigenvalue weighted by atomic mass is 9.96. The fraction of sp³-hybridized carbons (Fsp3) is 0. The van der Waals surface area contributed by atoms with Crippen LogP contribution in [-0.2, 0) is 0 Å². The Kier molecular flexibility index (Phi) is 10.3. The van der Waals surface area contributed by atoms with Crippen LogP contribution in [0, 0.1) is 56.7 Å². The zero-order chi connectivity index (χ0) is 48.9. The van der Waals surface area contributed by atoms with Gasteiger partial charge in [-0.2, -0.15) is 26.3 Å². The minimum absolute atomic E-state index is 0.405. The molecular formula is C64H34N8. The molecule has 0 saturated heterocycles. The smallest absolute Gasteiger partial charge is 0.101 e. The van der Waals surface area contributed by atoms with Crippen molar-refractivity contribution in [3.05, 3.63) is 234 Å². The highest BCUT2D eigenvalue weighted by molar-refractivity contribution is 6.12. The highest BCUT2D eigenvalue weighted by Crippen LogP contribution is 2.43. The summed E-state index contributed by atoms with van der Waals surface area (Å²) >= 11 is 0. The van der Waals surface area contributed by atoms with Crippen LogP contribution >= 0.6 is 0 Å². The van der Waals surface area contributed by atoms with Gasteiger partial charge in [-0.1, -0.05) is 109 Å². The van der Waals surface area contributed by atoms with Crippen molar-refractivity contribution in [1.29, 1.82) is 26.3 Å². The standard InChI is InChI=1S/C64H34N8/c65-35-40-25-41(36-66)28-47(27-40)45-21-23-61-54(31-45)52-15-6-8-19-59(52)71(61)63-34-56(58-18-10-17-57(70-58)51-14-5-4-13-50(51)44-11-2-1-3-12-44)64(33-49(63)39-69)72-60-20-9-7-16-53(60)55-32-46(22-24-62(55)72)48-29-42(37-67)26-43(30-48)38-68/h1-34H. The number of pyridine rings is 1. The minimum Gasteiger partial charge on any atom is -0.309 e. The second-order valence-corrected chi connectivity index (χ2v) is 17.5. The van der Waals surface area contributed by atoms with Gasteiger partial charge >= 0.3 is 0 Å². The van der Waals surface area contributed by atoms with Crippen molar-refractivity contribution in [3.8, 4) is 97.6 Å². The van der Waals surface area contributed by atoms with Crippen LogP contribution < -0.4 is 0 Å². The zero-order valence-electron chi connectivity index (χ0n) is 38.2. The average molecular weight is 915 g/mol. The molecule has 72 heavy (non-hydrogen) atoms. The largest absolute Gasteiger partial charge is 0.309 e. The van der Waals surface area contributed by atoms with Crippen molar-refractivity contribution in [1.82, 2.24) is 14.1 Å². The molecule has 12 rings (SSSR count). The number of nitrogens with zero attached hydrogens (tertiary/aromatic N) is 8. The normalized spacial score (nSPS) is 11.0. The van der Waals surface area contributed by atoms with Crippen molar-refractivity contribution < 1.29 is 0 Å². The molecule has 0 aliphatic carbocycles. The fourth-order valence-electron chi connectivity index (χ4n) is 10.2. The molecule has 0 spiro atoms. The van der Waals surface area contributed by atoms with E-state index in [9.17, 15) is 26.3 Å². The van der Waals surface area contributed by atoms with Crippen molar-refractivity contribution in [2.45, 2.75) is 0 Å². The van der Waals surface area contributed by atoms with E-state index in [1.807, 2.05) is 97.1 Å². The van der Waals surface area contributed by atoms with E-state index in [1.54, 1.807) is 36.4 Å². The van der Waals surface area contributed by atoms with Gasteiger partial charge in [0.15, 0.2) is 0 Å². The highest BCUT2D eigenvalue weighted by Gasteiger charge is 2.24. The maximum atomic E-state index is 11.4. The predicted molar refractivity (Wildman–Crippen MR) is 284 cm³/mol. The van der Waals surface area contributed by atoms with Gasteiger partial charge in [0, 0.05) is 32.7 Å². The first-order chi connectivity index (χ1) is 35.4. The topological polar surface area (TPSA) is 142 Å². The van der Waals surface area contributed by atoms with Crippen LogP contribution in [0.5, 0.6) is 0 Å². The maximum Gasteiger partial charge on any atom is 0.101 e. The van der Waals surface area contributed by atoms with Crippen LogP contribution in [0.2, 0.25) is 0 Å². The SMILES string of the molecule is N#Cc1cc(C#N)cc(-c2ccc3c(c2)c2ccccc2n3-c2cc(-c3cccc(-c4ccccc4-c4ccccc4)n3)c(-n3c4ccccc4c4cc(-c5cc(C#N)cc(C#N)c5)ccc43)cc2C#N)c1. The summed E-state index contributed by atoms with van der Waals surface area (Å²) in [6.45, 7) is 0. The third-order valence-corrected chi connectivity index (χ3v) is 13.4. The molecule has 3 heterocycles. The van der Waals surface area contributed by atoms with E-state index in [1.165, 1.54) is 0 Å². The van der Waals surface area contributed by atoms with Crippen LogP contribution in [0.15, 0.2) is 206 Å². The van der Waals surface area contributed by atoms with Crippen LogP contribution in [-0.4, -0.2) is 14.1 Å². The molecule has 0 aliphatic heterocycles. The Morgan fingerprint density at radius 2 is 0.750 bits per heavy atom. The molecule has 0 saturated carbocycles. The summed E-state index contributed by atoms with van der Waals surface area (Å²) < 4.78 is 4.35. The number of nitriles is 5. The molecule has 0 aliphatic rings. The van der Waals surface area contributed by atoms with E-state index >= 15 is 0 Å². The van der Waals surface area contributed by atoms with E-state index in [2.05, 4.69) is 112 Å². The Hall–Kier alpha value is -10.8. The summed E-state index contributed by atoms with van der Waals surface area (Å²) in [5.74, 6) is 0. The second-order valence-electron chi connectivity index (χ2n) is 17.5. The average Bonchev–Trinajstić information content (AvgIpc) is 3.96. The first kappa shape index (κ1) is 42.5. The lowest BCUT2D eigenvalue weighted by Crippen LogP contribution is -2.04. The first-order valence-electron chi connectivity index (χ1n) is 23.1. The highest BCUT2D eigenvalue weighted by atomic mass is 15.0. The molecule has 0 unspecified atom stereocenters. The lowest BCUT2D eigenvalue weighted by molar-refractivity contribution is 1.13. The Morgan fingerprint density at radius 1 is 0.292 bits per heavy atom. The molecule has 0 amide bonds. The van der Waals surface area contributed by atoms with Gasteiger partial charge < -0.3 is 9.13 Å². The van der Waals surface area contributed by atoms with Gasteiger partial charge in [-0.15, -0.1) is 0 Å². The van der Waals surface area contributed by atoms with Crippen molar-refractivity contribution in [2.75, 3.05) is 0 Å². The molecule has 8 nitrogen and oxygen atoms in total. The zero-order valence-corrected chi connectivity index (χ0v) is 38.2. The quantitative estimate of drug-likeness (QED) is 0.156. The van der Waals surface area contributed by atoms with Gasteiger partial charge in [0.05, 0.1) is 96.9 Å². The van der Waals surface area contributed by atoms with Crippen molar-refractivity contribution >= 4 is 43.6 Å². The van der Waals surface area contributed by atoms with Crippen LogP contribution in [0.4, 0.5) is 0 Å². The Morgan fingerprint density at radius 3 is 1.28 bits per heavy atom. The lowest BCUT2D eigenvalue weighted by Gasteiger charge is -2.19. The number of para-hydroxylation sites is 2. The van der Waals surface area contributed by atoms with Crippen LogP contribution in [0.1, 0.15) is 27.8 Å². The summed E-state index contributed by atoms with van der Waals surface area (Å²) in [5, 5.41) is 54.5. The molecule has 0 fully saturated rings. The molecule has 0 bridgehead atoms. The maximum absolute atomic E-state index is 11.4. The molecule has 3 aromatic heterocycles. The van der Waals surface area contributed by atoms with Gasteiger partial charge in [-0.05, 0) is 130 Å². The Balaban J connectivity index is 1.13. The van der Waals surface area contributed by atoms with Gasteiger partial charge in [-0.25, -0.2) is 4.98 Å². The molecule has 0 N–H and O–H groups in total. The molecule has 12 aromatic rings. The monoisotopic (exact) mass is 914 g/mol.